The highest BCUT2D eigenvalue weighted by atomic mass is 16.5. The average Bonchev–Trinajstić information content (AvgIpc) is 3.37. The Morgan fingerprint density at radius 1 is 0.846 bits per heavy atom. The lowest BCUT2D eigenvalue weighted by atomic mass is 10.2. The first kappa shape index (κ1) is 26.4. The molecule has 2 N–H and O–H groups in total. The second-order valence-electron chi connectivity index (χ2n) is 9.88. The molecule has 0 unspecified atom stereocenters. The van der Waals surface area contributed by atoms with Crippen LogP contribution in [0, 0.1) is 0 Å². The maximum Gasteiger partial charge on any atom is 0.350 e. The van der Waals surface area contributed by atoms with Crippen molar-refractivity contribution in [3.8, 4) is 17.2 Å². The second kappa shape index (κ2) is 12.1. The molecule has 0 bridgehead atoms. The highest BCUT2D eigenvalue weighted by Crippen LogP contribution is 2.23. The third kappa shape index (κ3) is 6.26. The number of aromatic nitrogens is 3. The largest absolute Gasteiger partial charge is 0.508 e. The van der Waals surface area contributed by atoms with E-state index in [1.165, 1.54) is 4.68 Å². The van der Waals surface area contributed by atoms with E-state index in [4.69, 9.17) is 4.74 Å². The predicted molar refractivity (Wildman–Crippen MR) is 154 cm³/mol. The lowest BCUT2D eigenvalue weighted by Gasteiger charge is -2.37. The molecule has 1 fully saturated rings. The van der Waals surface area contributed by atoms with Crippen molar-refractivity contribution < 1.29 is 9.84 Å². The Morgan fingerprint density at radius 3 is 2.03 bits per heavy atom. The van der Waals surface area contributed by atoms with E-state index >= 15 is 0 Å². The number of para-hydroxylation sites is 1. The lowest BCUT2D eigenvalue weighted by Crippen LogP contribution is -2.46. The second-order valence-corrected chi connectivity index (χ2v) is 9.88. The fourth-order valence-corrected chi connectivity index (χ4v) is 4.84. The zero-order valence-electron chi connectivity index (χ0n) is 22.5. The van der Waals surface area contributed by atoms with Crippen LogP contribution in [0.5, 0.6) is 11.5 Å². The van der Waals surface area contributed by atoms with Gasteiger partial charge in [-0.15, -0.1) is 0 Å². The number of hydrogen-bond acceptors (Lipinski definition) is 7. The van der Waals surface area contributed by atoms with Gasteiger partial charge in [0, 0.05) is 50.1 Å². The van der Waals surface area contributed by atoms with Crippen molar-refractivity contribution >= 4 is 11.4 Å². The van der Waals surface area contributed by atoms with Crippen LogP contribution in [-0.2, 0) is 0 Å². The van der Waals surface area contributed by atoms with Gasteiger partial charge in [0.1, 0.15) is 24.4 Å². The molecule has 1 aromatic heterocycles. The highest BCUT2D eigenvalue weighted by molar-refractivity contribution is 5.54. The third-order valence-electron chi connectivity index (χ3n) is 7.37. The molecule has 1 saturated heterocycles. The van der Waals surface area contributed by atoms with E-state index in [1.54, 1.807) is 23.0 Å². The van der Waals surface area contributed by atoms with Crippen LogP contribution in [0.3, 0.4) is 0 Å². The number of aromatic hydroxyl groups is 1. The van der Waals surface area contributed by atoms with Crippen molar-refractivity contribution in [2.75, 3.05) is 49.1 Å². The van der Waals surface area contributed by atoms with E-state index < -0.39 is 0 Å². The molecular weight excluding hydrogens is 492 g/mol. The van der Waals surface area contributed by atoms with Gasteiger partial charge < -0.3 is 25.0 Å². The van der Waals surface area contributed by atoms with Crippen LogP contribution in [0.15, 0.2) is 90.0 Å². The van der Waals surface area contributed by atoms with Gasteiger partial charge in [0.2, 0.25) is 0 Å². The number of rotatable bonds is 10. The summed E-state index contributed by atoms with van der Waals surface area (Å²) in [6.45, 7) is 8.86. The molecule has 3 aromatic carbocycles. The summed E-state index contributed by atoms with van der Waals surface area (Å²) in [6, 6.07) is 25.1. The van der Waals surface area contributed by atoms with Gasteiger partial charge in [0.15, 0.2) is 0 Å². The van der Waals surface area contributed by atoms with Crippen LogP contribution >= 0.6 is 0 Å². The quantitative estimate of drug-likeness (QED) is 0.304. The molecule has 5 rings (SSSR count). The highest BCUT2D eigenvalue weighted by Gasteiger charge is 2.20. The van der Waals surface area contributed by atoms with Crippen molar-refractivity contribution in [1.29, 1.82) is 0 Å². The molecule has 204 valence electrons. The van der Waals surface area contributed by atoms with Gasteiger partial charge in [-0.3, -0.25) is 0 Å². The molecule has 4 aromatic rings. The van der Waals surface area contributed by atoms with E-state index in [-0.39, 0.29) is 23.5 Å². The molecule has 0 aliphatic carbocycles. The molecule has 0 radical (unpaired) electrons. The smallest absolute Gasteiger partial charge is 0.350 e. The summed E-state index contributed by atoms with van der Waals surface area (Å²) in [5, 5.41) is 17.4. The lowest BCUT2D eigenvalue weighted by molar-refractivity contribution is 0.287. The number of nitrogens with one attached hydrogen (secondary N) is 1. The van der Waals surface area contributed by atoms with Crippen molar-refractivity contribution in [3.63, 3.8) is 0 Å². The number of hydrogen-bond donors (Lipinski definition) is 2. The van der Waals surface area contributed by atoms with Gasteiger partial charge in [-0.1, -0.05) is 18.2 Å². The summed E-state index contributed by atoms with van der Waals surface area (Å²) >= 11 is 0. The van der Waals surface area contributed by atoms with E-state index in [1.807, 2.05) is 61.5 Å². The maximum absolute atomic E-state index is 13.2. The summed E-state index contributed by atoms with van der Waals surface area (Å²) in [6.07, 6.45) is 1.59. The van der Waals surface area contributed by atoms with E-state index in [9.17, 15) is 9.90 Å². The summed E-state index contributed by atoms with van der Waals surface area (Å²) < 4.78 is 8.87. The zero-order chi connectivity index (χ0) is 27.2. The molecule has 9 heteroatoms. The number of benzene rings is 3. The summed E-state index contributed by atoms with van der Waals surface area (Å²) in [5.74, 6) is 1.13. The number of nitrogens with zero attached hydrogens (tertiary/aromatic N) is 5. The summed E-state index contributed by atoms with van der Waals surface area (Å²) in [4.78, 5) is 17.9. The van der Waals surface area contributed by atoms with Crippen molar-refractivity contribution in [2.45, 2.75) is 25.9 Å². The summed E-state index contributed by atoms with van der Waals surface area (Å²) in [7, 11) is 0. The molecule has 9 nitrogen and oxygen atoms in total. The Hall–Kier alpha value is -4.24. The topological polar surface area (TPSA) is 87.8 Å². The minimum absolute atomic E-state index is 0.0352. The van der Waals surface area contributed by atoms with Gasteiger partial charge in [0.25, 0.3) is 0 Å². The first-order valence-corrected chi connectivity index (χ1v) is 13.5. The van der Waals surface area contributed by atoms with Crippen LogP contribution < -0.4 is 25.5 Å². The molecule has 39 heavy (non-hydrogen) atoms. The van der Waals surface area contributed by atoms with Gasteiger partial charge in [-0.25, -0.2) is 14.0 Å². The Labute approximate surface area is 228 Å². The van der Waals surface area contributed by atoms with Crippen LogP contribution in [0.4, 0.5) is 11.4 Å². The zero-order valence-corrected chi connectivity index (χ0v) is 22.5. The Bertz CT molecular complexity index is 1380. The first-order valence-electron chi connectivity index (χ1n) is 13.5. The van der Waals surface area contributed by atoms with Crippen molar-refractivity contribution in [2.24, 2.45) is 0 Å². The van der Waals surface area contributed by atoms with Gasteiger partial charge in [-0.05, 0) is 74.5 Å². The van der Waals surface area contributed by atoms with Crippen LogP contribution in [0.1, 0.15) is 19.9 Å². The Balaban J connectivity index is 1.15. The predicted octanol–water partition coefficient (Wildman–Crippen LogP) is 3.68. The maximum atomic E-state index is 13.2. The van der Waals surface area contributed by atoms with E-state index in [0.29, 0.717) is 13.2 Å². The fraction of sp³-hybridized carbons (Fsp3) is 0.333. The van der Waals surface area contributed by atoms with Crippen LogP contribution in [0.2, 0.25) is 0 Å². The molecule has 0 amide bonds. The van der Waals surface area contributed by atoms with Gasteiger partial charge in [0.05, 0.1) is 11.7 Å². The van der Waals surface area contributed by atoms with Crippen LogP contribution in [0.25, 0.3) is 5.69 Å². The molecule has 2 heterocycles. The standard InChI is InChI=1S/C30H36N6O3/c1-23(31-16-21-39-29-6-4-3-5-7-29)24(2)36-30(38)35(22-32-36)27-10-8-25(9-11-27)33-17-19-34(20-18-33)26-12-14-28(37)15-13-26/h3-15,22-24,31,37H,16-21H2,1-2H3/t23-,24-/m0/s1. The number of anilines is 2. The molecule has 0 saturated carbocycles. The average molecular weight is 529 g/mol. The van der Waals surface area contributed by atoms with Gasteiger partial charge in [-0.2, -0.15) is 5.10 Å². The number of phenols is 1. The van der Waals surface area contributed by atoms with Crippen LogP contribution in [-0.4, -0.2) is 64.8 Å². The fourth-order valence-electron chi connectivity index (χ4n) is 4.84. The van der Waals surface area contributed by atoms with E-state index in [2.05, 4.69) is 39.3 Å². The SMILES string of the molecule is C[C@H](NCCOc1ccccc1)[C@H](C)n1ncn(-c2ccc(N3CCN(c4ccc(O)cc4)CC3)cc2)c1=O. The van der Waals surface area contributed by atoms with Crippen molar-refractivity contribution in [3.05, 3.63) is 95.7 Å². The minimum Gasteiger partial charge on any atom is -0.508 e. The molecule has 2 atom stereocenters. The van der Waals surface area contributed by atoms with Gasteiger partial charge >= 0.3 is 5.69 Å². The normalized spacial score (nSPS) is 15.2. The monoisotopic (exact) mass is 528 g/mol. The summed E-state index contributed by atoms with van der Waals surface area (Å²) in [5.41, 5.74) is 2.89. The number of ether oxygens (including phenoxy) is 1. The number of piperazine rings is 1. The molecular formula is C30H36N6O3. The number of phenolic OH excluding ortho intramolecular Hbond substituents is 1. The Kier molecular flexibility index (Phi) is 8.17. The van der Waals surface area contributed by atoms with Crippen molar-refractivity contribution in [1.82, 2.24) is 19.7 Å². The third-order valence-corrected chi connectivity index (χ3v) is 7.37. The molecule has 1 aliphatic rings. The first-order chi connectivity index (χ1) is 19.0. The molecule has 0 spiro atoms. The minimum atomic E-state index is -0.160. The molecule has 1 aliphatic heterocycles. The van der Waals surface area contributed by atoms with E-state index in [0.717, 1.165) is 49.0 Å². The Morgan fingerprint density at radius 2 is 1.41 bits per heavy atom.